The molecule has 0 bridgehead atoms. The Morgan fingerprint density at radius 1 is 1.47 bits per heavy atom. The van der Waals surface area contributed by atoms with Crippen LogP contribution in [0.25, 0.3) is 0 Å². The summed E-state index contributed by atoms with van der Waals surface area (Å²) in [6, 6.07) is 5.37. The van der Waals surface area contributed by atoms with Crippen molar-refractivity contribution in [2.45, 2.75) is 45.6 Å². The molecule has 0 spiro atoms. The summed E-state index contributed by atoms with van der Waals surface area (Å²) >= 11 is 3.53. The predicted octanol–water partition coefficient (Wildman–Crippen LogP) is 4.55. The highest BCUT2D eigenvalue weighted by Gasteiger charge is 2.38. The van der Waals surface area contributed by atoms with Crippen molar-refractivity contribution in [3.05, 3.63) is 34.1 Å². The fraction of sp³-hybridized carbons (Fsp3) is 0.625. The average molecular weight is 328 g/mol. The minimum Gasteiger partial charge on any atom is -0.316 e. The first-order valence-electron chi connectivity index (χ1n) is 7.05. The van der Waals surface area contributed by atoms with E-state index in [1.54, 1.807) is 12.1 Å². The molecule has 1 aliphatic carbocycles. The lowest BCUT2D eigenvalue weighted by Crippen LogP contribution is -2.40. The van der Waals surface area contributed by atoms with Crippen molar-refractivity contribution in [3.63, 3.8) is 0 Å². The Hall–Kier alpha value is -0.410. The van der Waals surface area contributed by atoms with Crippen molar-refractivity contribution in [1.82, 2.24) is 5.32 Å². The van der Waals surface area contributed by atoms with Gasteiger partial charge in [0.15, 0.2) is 0 Å². The molecule has 2 rings (SSSR count). The number of hydrogen-bond acceptors (Lipinski definition) is 1. The van der Waals surface area contributed by atoms with E-state index in [2.05, 4.69) is 35.1 Å². The Morgan fingerprint density at radius 2 is 2.21 bits per heavy atom. The Kier molecular flexibility index (Phi) is 4.67. The number of benzene rings is 1. The molecule has 1 nitrogen and oxygen atoms in total. The van der Waals surface area contributed by atoms with Gasteiger partial charge in [0.2, 0.25) is 0 Å². The molecule has 1 N–H and O–H groups in total. The molecule has 0 saturated heterocycles. The molecule has 2 unspecified atom stereocenters. The van der Waals surface area contributed by atoms with E-state index in [4.69, 9.17) is 0 Å². The molecule has 3 heteroatoms. The van der Waals surface area contributed by atoms with Crippen LogP contribution in [0.15, 0.2) is 22.7 Å². The molecule has 1 saturated carbocycles. The van der Waals surface area contributed by atoms with Crippen LogP contribution >= 0.6 is 15.9 Å². The molecule has 19 heavy (non-hydrogen) atoms. The largest absolute Gasteiger partial charge is 0.316 e. The van der Waals surface area contributed by atoms with Gasteiger partial charge in [-0.2, -0.15) is 0 Å². The normalized spacial score (nSPS) is 23.5. The van der Waals surface area contributed by atoms with Crippen LogP contribution in [-0.2, 0) is 6.42 Å². The summed E-state index contributed by atoms with van der Waals surface area (Å²) in [5, 5.41) is 3.45. The number of nitrogens with one attached hydrogen (secondary N) is 1. The fourth-order valence-corrected chi connectivity index (χ4v) is 3.89. The first-order valence-corrected chi connectivity index (χ1v) is 7.84. The quantitative estimate of drug-likeness (QED) is 0.855. The minimum absolute atomic E-state index is 0.154. The van der Waals surface area contributed by atoms with Gasteiger partial charge in [0.05, 0.1) is 0 Å². The van der Waals surface area contributed by atoms with Gasteiger partial charge in [-0.3, -0.25) is 0 Å². The standard InChI is InChI=1S/C16H23BrFN/c1-16(2)8-4-5-13(16)15(19-3)10-11-9-12(18)6-7-14(11)17/h6-7,9,13,15,19H,4-5,8,10H2,1-3H3. The SMILES string of the molecule is CNC(Cc1cc(F)ccc1Br)C1CCCC1(C)C. The maximum absolute atomic E-state index is 13.4. The van der Waals surface area contributed by atoms with E-state index >= 15 is 0 Å². The van der Waals surface area contributed by atoms with Gasteiger partial charge in [-0.15, -0.1) is 0 Å². The van der Waals surface area contributed by atoms with Gasteiger partial charge in [-0.25, -0.2) is 4.39 Å². The highest BCUT2D eigenvalue weighted by molar-refractivity contribution is 9.10. The van der Waals surface area contributed by atoms with Crippen molar-refractivity contribution in [2.24, 2.45) is 11.3 Å². The van der Waals surface area contributed by atoms with Crippen molar-refractivity contribution >= 4 is 15.9 Å². The van der Waals surface area contributed by atoms with Gasteiger partial charge in [0.25, 0.3) is 0 Å². The smallest absolute Gasteiger partial charge is 0.123 e. The highest BCUT2D eigenvalue weighted by atomic mass is 79.9. The zero-order chi connectivity index (χ0) is 14.0. The summed E-state index contributed by atoms with van der Waals surface area (Å²) in [6.07, 6.45) is 4.74. The minimum atomic E-state index is -0.154. The van der Waals surface area contributed by atoms with Gasteiger partial charge in [-0.1, -0.05) is 36.2 Å². The molecule has 106 valence electrons. The van der Waals surface area contributed by atoms with Crippen molar-refractivity contribution in [1.29, 1.82) is 0 Å². The van der Waals surface area contributed by atoms with Crippen LogP contribution in [0.1, 0.15) is 38.7 Å². The van der Waals surface area contributed by atoms with E-state index in [-0.39, 0.29) is 5.82 Å². The maximum atomic E-state index is 13.4. The van der Waals surface area contributed by atoms with Gasteiger partial charge < -0.3 is 5.32 Å². The number of halogens is 2. The predicted molar refractivity (Wildman–Crippen MR) is 81.8 cm³/mol. The lowest BCUT2D eigenvalue weighted by atomic mass is 9.76. The number of likely N-dealkylation sites (N-methyl/N-ethyl adjacent to an activating group) is 1. The lowest BCUT2D eigenvalue weighted by molar-refractivity contribution is 0.201. The van der Waals surface area contributed by atoms with Crippen LogP contribution < -0.4 is 5.32 Å². The molecular weight excluding hydrogens is 305 g/mol. The van der Waals surface area contributed by atoms with E-state index in [0.29, 0.717) is 17.4 Å². The van der Waals surface area contributed by atoms with Crippen LogP contribution in [0.2, 0.25) is 0 Å². The third-order valence-corrected chi connectivity index (χ3v) is 5.42. The van der Waals surface area contributed by atoms with Gasteiger partial charge >= 0.3 is 0 Å². The molecule has 1 aliphatic rings. The summed E-state index contributed by atoms with van der Waals surface area (Å²) < 4.78 is 14.4. The van der Waals surface area contributed by atoms with Crippen molar-refractivity contribution in [3.8, 4) is 0 Å². The molecule has 0 aromatic heterocycles. The van der Waals surface area contributed by atoms with E-state index in [0.717, 1.165) is 16.5 Å². The van der Waals surface area contributed by atoms with Gasteiger partial charge in [0.1, 0.15) is 5.82 Å². The van der Waals surface area contributed by atoms with E-state index in [1.807, 2.05) is 7.05 Å². The average Bonchev–Trinajstić information content (AvgIpc) is 2.70. The molecule has 1 aromatic carbocycles. The second-order valence-corrected chi connectivity index (χ2v) is 7.18. The zero-order valence-electron chi connectivity index (χ0n) is 12.0. The third kappa shape index (κ3) is 3.38. The summed E-state index contributed by atoms with van der Waals surface area (Å²) in [4.78, 5) is 0. The Morgan fingerprint density at radius 3 is 2.79 bits per heavy atom. The van der Waals surface area contributed by atoms with E-state index in [9.17, 15) is 4.39 Å². The second-order valence-electron chi connectivity index (χ2n) is 6.32. The Bertz CT molecular complexity index is 444. The van der Waals surface area contributed by atoms with Crippen LogP contribution in [0.5, 0.6) is 0 Å². The number of hydrogen-bond donors (Lipinski definition) is 1. The summed E-state index contributed by atoms with van der Waals surface area (Å²) in [5.74, 6) is 0.506. The first kappa shape index (κ1) is 15.0. The molecule has 1 aromatic rings. The third-order valence-electron chi connectivity index (χ3n) is 4.64. The maximum Gasteiger partial charge on any atom is 0.123 e. The Balaban J connectivity index is 2.17. The first-order chi connectivity index (χ1) is 8.94. The molecule has 1 fully saturated rings. The van der Waals surface area contributed by atoms with Crippen LogP contribution in [-0.4, -0.2) is 13.1 Å². The number of rotatable bonds is 4. The lowest BCUT2D eigenvalue weighted by Gasteiger charge is -2.34. The van der Waals surface area contributed by atoms with Gasteiger partial charge in [-0.05, 0) is 61.4 Å². The molecule has 0 aliphatic heterocycles. The highest BCUT2D eigenvalue weighted by Crippen LogP contribution is 2.45. The monoisotopic (exact) mass is 327 g/mol. The fourth-order valence-electron chi connectivity index (χ4n) is 3.48. The second kappa shape index (κ2) is 5.92. The van der Waals surface area contributed by atoms with E-state index in [1.165, 1.54) is 25.3 Å². The topological polar surface area (TPSA) is 12.0 Å². The van der Waals surface area contributed by atoms with Crippen molar-refractivity contribution < 1.29 is 4.39 Å². The molecular formula is C16H23BrFN. The summed E-state index contributed by atoms with van der Waals surface area (Å²) in [6.45, 7) is 4.71. The molecule has 2 atom stereocenters. The van der Waals surface area contributed by atoms with Gasteiger partial charge in [0, 0.05) is 10.5 Å². The molecule has 0 heterocycles. The Labute approximate surface area is 124 Å². The molecule has 0 radical (unpaired) electrons. The van der Waals surface area contributed by atoms with Crippen LogP contribution in [0.3, 0.4) is 0 Å². The zero-order valence-corrected chi connectivity index (χ0v) is 13.6. The van der Waals surface area contributed by atoms with Crippen LogP contribution in [0.4, 0.5) is 4.39 Å². The summed E-state index contributed by atoms with van der Waals surface area (Å²) in [7, 11) is 2.02. The molecule has 0 amide bonds. The summed E-state index contributed by atoms with van der Waals surface area (Å²) in [5.41, 5.74) is 1.44. The van der Waals surface area contributed by atoms with Crippen LogP contribution in [0, 0.1) is 17.2 Å². The van der Waals surface area contributed by atoms with Crippen molar-refractivity contribution in [2.75, 3.05) is 7.05 Å². The van der Waals surface area contributed by atoms with E-state index < -0.39 is 0 Å².